The van der Waals surface area contributed by atoms with Gasteiger partial charge in [0.2, 0.25) is 0 Å². The molecule has 1 atom stereocenters. The number of carbonyl (C=O) groups excluding carboxylic acids is 1. The summed E-state index contributed by atoms with van der Waals surface area (Å²) in [7, 11) is -0.177. The molecule has 0 fully saturated rings. The van der Waals surface area contributed by atoms with Gasteiger partial charge >= 0.3 is 18.9 Å². The first kappa shape index (κ1) is 32.9. The molecule has 0 heterocycles. The second kappa shape index (κ2) is 16.6. The van der Waals surface area contributed by atoms with E-state index in [1.54, 1.807) is 6.07 Å². The molecule has 0 saturated heterocycles. The molecule has 0 N–H and O–H groups in total. The van der Waals surface area contributed by atoms with Crippen molar-refractivity contribution in [1.82, 2.24) is 0 Å². The number of hydrogen-bond acceptors (Lipinski definition) is 4. The summed E-state index contributed by atoms with van der Waals surface area (Å²) in [6.07, 6.45) is 2.80. The Morgan fingerprint density at radius 2 is 1.31 bits per heavy atom. The molecule has 0 radical (unpaired) electrons. The van der Waals surface area contributed by atoms with Crippen LogP contribution in [-0.2, 0) is 0 Å². The zero-order chi connectivity index (χ0) is 26.0. The summed E-state index contributed by atoms with van der Waals surface area (Å²) in [4.78, 5) is 13.4. The van der Waals surface area contributed by atoms with Crippen LogP contribution in [0.4, 0.5) is 0 Å². The zero-order valence-corrected chi connectivity index (χ0v) is 24.1. The quantitative estimate of drug-likeness (QED) is 0.178. The van der Waals surface area contributed by atoms with Crippen molar-refractivity contribution in [1.29, 1.82) is 0 Å². The number of carbonyl (C=O) groups is 1. The third-order valence-corrected chi connectivity index (χ3v) is 7.13. The van der Waals surface area contributed by atoms with Crippen molar-refractivity contribution < 1.29 is 19.0 Å². The van der Waals surface area contributed by atoms with Gasteiger partial charge in [0.25, 0.3) is 0 Å². The summed E-state index contributed by atoms with van der Waals surface area (Å²) in [6, 6.07) is 9.35. The molecule has 0 saturated carbocycles. The predicted octanol–water partition coefficient (Wildman–Crippen LogP) is 7.42. The summed E-state index contributed by atoms with van der Waals surface area (Å²) in [5, 5.41) is 1.25. The number of ether oxygens (including phenoxy) is 3. The number of halogens is 1. The van der Waals surface area contributed by atoms with Crippen LogP contribution in [0, 0.1) is 24.7 Å². The van der Waals surface area contributed by atoms with E-state index in [9.17, 15) is 4.79 Å². The van der Waals surface area contributed by atoms with E-state index >= 15 is 0 Å². The first-order valence-corrected chi connectivity index (χ1v) is 14.1. The molecule has 0 aliphatic heterocycles. The summed E-state index contributed by atoms with van der Waals surface area (Å²) in [6.45, 7) is 16.7. The van der Waals surface area contributed by atoms with Gasteiger partial charge in [-0.25, -0.2) is 0 Å². The molecular formula is C29H43ClLiO4P. The van der Waals surface area contributed by atoms with Crippen LogP contribution in [0.2, 0.25) is 5.02 Å². The molecule has 2 aromatic rings. The molecule has 1 unspecified atom stereocenters. The van der Waals surface area contributed by atoms with Gasteiger partial charge in [-0.15, -0.1) is 0 Å². The Kier molecular flexibility index (Phi) is 15.2. The fraction of sp³-hybridized carbons (Fsp3) is 0.552. The summed E-state index contributed by atoms with van der Waals surface area (Å²) in [5.41, 5.74) is 1.41. The molecule has 36 heavy (non-hydrogen) atoms. The number of rotatable bonds is 15. The van der Waals surface area contributed by atoms with E-state index in [4.69, 9.17) is 25.8 Å². The van der Waals surface area contributed by atoms with Crippen LogP contribution in [0.5, 0.6) is 17.2 Å². The summed E-state index contributed by atoms with van der Waals surface area (Å²) >= 11 is 6.42. The van der Waals surface area contributed by atoms with E-state index in [0.717, 1.165) is 30.1 Å². The average molecular weight is 529 g/mol. The Morgan fingerprint density at radius 3 is 1.75 bits per heavy atom. The molecule has 2 rings (SSSR count). The Bertz CT molecular complexity index is 907. The number of hydrogen-bond donors (Lipinski definition) is 0. The fourth-order valence-corrected chi connectivity index (χ4v) is 4.92. The maximum atomic E-state index is 13.4. The minimum absolute atomic E-state index is 0. The van der Waals surface area contributed by atoms with Gasteiger partial charge in [0.15, 0.2) is 5.52 Å². The van der Waals surface area contributed by atoms with Crippen molar-refractivity contribution in [2.75, 3.05) is 19.8 Å². The Morgan fingerprint density at radius 1 is 0.833 bits per heavy atom. The van der Waals surface area contributed by atoms with Crippen molar-refractivity contribution in [2.24, 2.45) is 17.8 Å². The monoisotopic (exact) mass is 528 g/mol. The molecule has 4 nitrogen and oxygen atoms in total. The van der Waals surface area contributed by atoms with Crippen LogP contribution in [0.1, 0.15) is 76.7 Å². The Labute approximate surface area is 237 Å². The SMILES string of the molecule is Cc1cccc(Cl)c1C(=O)Pc1c(OCCC(C)C)cc(OCCC(C)C)cc1OCCC(C)C.[LiH]. The van der Waals surface area contributed by atoms with Crippen molar-refractivity contribution in [3.05, 3.63) is 46.5 Å². The van der Waals surface area contributed by atoms with Crippen LogP contribution in [0.3, 0.4) is 0 Å². The molecule has 0 bridgehead atoms. The van der Waals surface area contributed by atoms with E-state index in [0.29, 0.717) is 65.4 Å². The van der Waals surface area contributed by atoms with E-state index in [1.165, 1.54) is 0 Å². The molecule has 2 aromatic carbocycles. The standard InChI is InChI=1S/C29H42ClO4P.Li.H/c1-19(2)11-14-32-23-17-25(33-15-12-20(3)4)28(26(18-23)34-16-13-21(5)6)35-29(31)27-22(7)9-8-10-24(27)30;;/h8-10,17-21,35H,11-16H2,1-7H3;;. The van der Waals surface area contributed by atoms with E-state index in [-0.39, 0.29) is 33.0 Å². The minimum atomic E-state index is -0.177. The second-order valence-electron chi connectivity index (χ2n) is 10.3. The van der Waals surface area contributed by atoms with Crippen LogP contribution in [-0.4, -0.2) is 44.2 Å². The number of aryl methyl sites for hydroxylation is 1. The zero-order valence-electron chi connectivity index (χ0n) is 22.4. The molecule has 0 aromatic heterocycles. The summed E-state index contributed by atoms with van der Waals surface area (Å²) < 4.78 is 18.6. The van der Waals surface area contributed by atoms with Gasteiger partial charge in [-0.1, -0.05) is 65.3 Å². The molecule has 7 heteroatoms. The maximum absolute atomic E-state index is 13.4. The first-order valence-electron chi connectivity index (χ1n) is 12.7. The van der Waals surface area contributed by atoms with Gasteiger partial charge in [0, 0.05) is 17.7 Å². The third kappa shape index (κ3) is 11.1. The van der Waals surface area contributed by atoms with Crippen molar-refractivity contribution in [3.63, 3.8) is 0 Å². The topological polar surface area (TPSA) is 44.8 Å². The van der Waals surface area contributed by atoms with Crippen molar-refractivity contribution in [2.45, 2.75) is 67.7 Å². The molecule has 0 spiro atoms. The molecule has 0 amide bonds. The van der Waals surface area contributed by atoms with Gasteiger partial charge in [0.1, 0.15) is 17.2 Å². The van der Waals surface area contributed by atoms with E-state index in [2.05, 4.69) is 41.5 Å². The van der Waals surface area contributed by atoms with Crippen molar-refractivity contribution >= 4 is 49.9 Å². The molecule has 0 aliphatic carbocycles. The van der Waals surface area contributed by atoms with Crippen LogP contribution in [0.25, 0.3) is 0 Å². The van der Waals surface area contributed by atoms with Crippen LogP contribution in [0.15, 0.2) is 30.3 Å². The normalized spacial score (nSPS) is 11.4. The van der Waals surface area contributed by atoms with E-state index < -0.39 is 0 Å². The van der Waals surface area contributed by atoms with Gasteiger partial charge in [-0.2, -0.15) is 0 Å². The Balaban J connectivity index is 0.00000648. The number of benzene rings is 2. The van der Waals surface area contributed by atoms with Crippen molar-refractivity contribution in [3.8, 4) is 17.2 Å². The van der Waals surface area contributed by atoms with Gasteiger partial charge < -0.3 is 14.2 Å². The van der Waals surface area contributed by atoms with E-state index in [1.807, 2.05) is 31.2 Å². The van der Waals surface area contributed by atoms with Gasteiger partial charge in [0.05, 0.1) is 30.1 Å². The second-order valence-corrected chi connectivity index (χ2v) is 11.9. The fourth-order valence-electron chi connectivity index (χ4n) is 3.32. The predicted molar refractivity (Wildman–Crippen MR) is 157 cm³/mol. The molecule has 196 valence electrons. The van der Waals surface area contributed by atoms with Gasteiger partial charge in [-0.3, -0.25) is 4.79 Å². The third-order valence-electron chi connectivity index (χ3n) is 5.60. The Hall–Kier alpha value is -1.17. The van der Waals surface area contributed by atoms with Crippen LogP contribution < -0.4 is 19.5 Å². The average Bonchev–Trinajstić information content (AvgIpc) is 2.75. The molecular weight excluding hydrogens is 486 g/mol. The first-order chi connectivity index (χ1) is 16.6. The van der Waals surface area contributed by atoms with Crippen LogP contribution >= 0.6 is 20.2 Å². The molecule has 0 aliphatic rings. The summed E-state index contributed by atoms with van der Waals surface area (Å²) in [5.74, 6) is 3.60. The van der Waals surface area contributed by atoms with Gasteiger partial charge in [-0.05, 0) is 64.2 Å².